The van der Waals surface area contributed by atoms with E-state index in [1.54, 1.807) is 0 Å². The molecular formula is C8H8N2O4S. The van der Waals surface area contributed by atoms with Crippen molar-refractivity contribution in [2.75, 3.05) is 11.6 Å². The number of rotatable bonds is 2. The average molecular weight is 228 g/mol. The zero-order valence-corrected chi connectivity index (χ0v) is 8.44. The molecular weight excluding hydrogens is 220 g/mol. The molecule has 1 amide bonds. The second kappa shape index (κ2) is 3.93. The summed E-state index contributed by atoms with van der Waals surface area (Å²) >= 11 is 1.41. The molecule has 2 rings (SSSR count). The highest BCUT2D eigenvalue weighted by Crippen LogP contribution is 2.23. The van der Waals surface area contributed by atoms with E-state index in [0.29, 0.717) is 11.6 Å². The Morgan fingerprint density at radius 2 is 2.47 bits per heavy atom. The van der Waals surface area contributed by atoms with Gasteiger partial charge >= 0.3 is 5.97 Å². The first kappa shape index (κ1) is 10.0. The highest BCUT2D eigenvalue weighted by Gasteiger charge is 2.36. The number of aliphatic carboxylic acids is 1. The Hall–Kier alpha value is -1.50. The predicted molar refractivity (Wildman–Crippen MR) is 51.4 cm³/mol. The largest absolute Gasteiger partial charge is 0.480 e. The highest BCUT2D eigenvalue weighted by molar-refractivity contribution is 7.99. The molecule has 1 aromatic rings. The van der Waals surface area contributed by atoms with Crippen LogP contribution in [0.2, 0.25) is 0 Å². The van der Waals surface area contributed by atoms with Crippen LogP contribution < -0.4 is 0 Å². The van der Waals surface area contributed by atoms with Crippen LogP contribution in [-0.4, -0.2) is 44.7 Å². The fraction of sp³-hybridized carbons (Fsp3) is 0.375. The average Bonchev–Trinajstić information content (AvgIpc) is 2.88. The highest BCUT2D eigenvalue weighted by atomic mass is 32.2. The number of hydrogen-bond donors (Lipinski definition) is 1. The Balaban J connectivity index is 2.17. The minimum atomic E-state index is -0.993. The second-order valence-electron chi connectivity index (χ2n) is 3.01. The lowest BCUT2D eigenvalue weighted by atomic mass is 10.3. The first-order chi connectivity index (χ1) is 7.20. The number of carbonyl (C=O) groups is 2. The van der Waals surface area contributed by atoms with E-state index in [1.807, 2.05) is 0 Å². The molecule has 1 aromatic heterocycles. The van der Waals surface area contributed by atoms with E-state index in [1.165, 1.54) is 28.9 Å². The summed E-state index contributed by atoms with van der Waals surface area (Å²) in [5.41, 5.74) is 0. The first-order valence-corrected chi connectivity index (χ1v) is 5.38. The molecule has 1 atom stereocenters. The van der Waals surface area contributed by atoms with Crippen molar-refractivity contribution in [3.8, 4) is 0 Å². The quantitative estimate of drug-likeness (QED) is 0.782. The molecule has 15 heavy (non-hydrogen) atoms. The zero-order chi connectivity index (χ0) is 10.8. The summed E-state index contributed by atoms with van der Waals surface area (Å²) in [6, 6.07) is 0.650. The Morgan fingerprint density at radius 3 is 3.07 bits per heavy atom. The van der Waals surface area contributed by atoms with E-state index in [0.717, 1.165) is 0 Å². The van der Waals surface area contributed by atoms with Gasteiger partial charge in [0.15, 0.2) is 0 Å². The van der Waals surface area contributed by atoms with Gasteiger partial charge in [-0.3, -0.25) is 4.79 Å². The molecule has 1 saturated heterocycles. The van der Waals surface area contributed by atoms with Crippen LogP contribution in [0, 0.1) is 0 Å². The summed E-state index contributed by atoms with van der Waals surface area (Å²) in [6.07, 6.45) is 1.35. The third-order valence-corrected chi connectivity index (χ3v) is 3.09. The molecule has 6 nitrogen and oxygen atoms in total. The molecule has 0 unspecified atom stereocenters. The lowest BCUT2D eigenvalue weighted by Crippen LogP contribution is -2.41. The maximum atomic E-state index is 11.7. The lowest BCUT2D eigenvalue weighted by Gasteiger charge is -2.18. The molecule has 0 bridgehead atoms. The Bertz CT molecular complexity index is 378. The van der Waals surface area contributed by atoms with Gasteiger partial charge in [-0.2, -0.15) is 0 Å². The fourth-order valence-corrected chi connectivity index (χ4v) is 2.46. The van der Waals surface area contributed by atoms with Crippen molar-refractivity contribution < 1.29 is 19.2 Å². The van der Waals surface area contributed by atoms with Gasteiger partial charge in [-0.25, -0.2) is 4.79 Å². The molecule has 7 heteroatoms. The van der Waals surface area contributed by atoms with Crippen molar-refractivity contribution in [3.63, 3.8) is 0 Å². The molecule has 1 aliphatic heterocycles. The number of thioether (sulfide) groups is 1. The minimum Gasteiger partial charge on any atom is -0.480 e. The van der Waals surface area contributed by atoms with Crippen LogP contribution in [0.1, 0.15) is 10.6 Å². The van der Waals surface area contributed by atoms with Crippen molar-refractivity contribution in [1.29, 1.82) is 0 Å². The maximum absolute atomic E-state index is 11.7. The van der Waals surface area contributed by atoms with E-state index in [2.05, 4.69) is 5.16 Å². The molecule has 2 heterocycles. The van der Waals surface area contributed by atoms with Gasteiger partial charge in [-0.05, 0) is 0 Å². The van der Waals surface area contributed by atoms with E-state index in [9.17, 15) is 9.59 Å². The second-order valence-corrected chi connectivity index (χ2v) is 4.01. The van der Waals surface area contributed by atoms with Crippen LogP contribution in [0.4, 0.5) is 0 Å². The lowest BCUT2D eigenvalue weighted by molar-refractivity contribution is -0.140. The van der Waals surface area contributed by atoms with Gasteiger partial charge in [-0.15, -0.1) is 11.8 Å². The molecule has 1 fully saturated rings. The molecule has 1 N–H and O–H groups in total. The smallest absolute Gasteiger partial charge is 0.327 e. The van der Waals surface area contributed by atoms with E-state index in [-0.39, 0.29) is 5.76 Å². The number of carbonyl (C=O) groups excluding carboxylic acids is 1. The Labute approximate surface area is 89.2 Å². The van der Waals surface area contributed by atoms with Crippen molar-refractivity contribution in [2.45, 2.75) is 6.04 Å². The summed E-state index contributed by atoms with van der Waals surface area (Å²) < 4.78 is 4.69. The standard InChI is InChI=1S/C8H8N2O4S/c11-7(6-1-2-9-14-6)10-4-15-3-5(10)8(12)13/h1-2,5H,3-4H2,(H,12,13)/t5-/m0/s1. The number of hydrogen-bond acceptors (Lipinski definition) is 5. The van der Waals surface area contributed by atoms with Crippen molar-refractivity contribution in [1.82, 2.24) is 10.1 Å². The van der Waals surface area contributed by atoms with E-state index in [4.69, 9.17) is 9.63 Å². The number of carboxylic acid groups (broad SMARTS) is 1. The number of aromatic nitrogens is 1. The molecule has 80 valence electrons. The summed E-state index contributed by atoms with van der Waals surface area (Å²) in [4.78, 5) is 23.8. The van der Waals surface area contributed by atoms with Gasteiger partial charge < -0.3 is 14.5 Å². The van der Waals surface area contributed by atoms with Gasteiger partial charge in [0.2, 0.25) is 5.76 Å². The maximum Gasteiger partial charge on any atom is 0.327 e. The van der Waals surface area contributed by atoms with Gasteiger partial charge in [0.25, 0.3) is 5.91 Å². The monoisotopic (exact) mass is 228 g/mol. The van der Waals surface area contributed by atoms with Crippen LogP contribution in [0.25, 0.3) is 0 Å². The Kier molecular flexibility index (Phi) is 2.63. The van der Waals surface area contributed by atoms with Crippen molar-refractivity contribution in [3.05, 3.63) is 18.0 Å². The normalized spacial score (nSPS) is 20.5. The number of amides is 1. The minimum absolute atomic E-state index is 0.0729. The SMILES string of the molecule is O=C(O)[C@@H]1CSCN1C(=O)c1ccno1. The van der Waals surface area contributed by atoms with Crippen LogP contribution in [-0.2, 0) is 4.79 Å². The molecule has 0 aliphatic carbocycles. The summed E-state index contributed by atoms with van der Waals surface area (Å²) in [5, 5.41) is 12.3. The van der Waals surface area contributed by atoms with E-state index >= 15 is 0 Å². The molecule has 1 aliphatic rings. The molecule has 0 aromatic carbocycles. The van der Waals surface area contributed by atoms with Crippen LogP contribution in [0.5, 0.6) is 0 Å². The Morgan fingerprint density at radius 1 is 1.67 bits per heavy atom. The first-order valence-electron chi connectivity index (χ1n) is 4.22. The topological polar surface area (TPSA) is 83.6 Å². The van der Waals surface area contributed by atoms with Crippen molar-refractivity contribution >= 4 is 23.6 Å². The molecule has 0 spiro atoms. The number of carboxylic acids is 1. The van der Waals surface area contributed by atoms with Crippen LogP contribution in [0.3, 0.4) is 0 Å². The summed E-state index contributed by atoms with van der Waals surface area (Å²) in [5.74, 6) is -0.562. The zero-order valence-electron chi connectivity index (χ0n) is 7.62. The van der Waals surface area contributed by atoms with Gasteiger partial charge in [-0.1, -0.05) is 5.16 Å². The predicted octanol–water partition coefficient (Wildman–Crippen LogP) is 0.274. The van der Waals surface area contributed by atoms with Crippen LogP contribution in [0.15, 0.2) is 16.8 Å². The molecule has 0 radical (unpaired) electrons. The fourth-order valence-electron chi connectivity index (χ4n) is 1.32. The number of nitrogens with zero attached hydrogens (tertiary/aromatic N) is 2. The summed E-state index contributed by atoms with van der Waals surface area (Å²) in [6.45, 7) is 0. The third kappa shape index (κ3) is 1.82. The third-order valence-electron chi connectivity index (χ3n) is 2.08. The van der Waals surface area contributed by atoms with E-state index < -0.39 is 17.9 Å². The summed E-state index contributed by atoms with van der Waals surface area (Å²) in [7, 11) is 0. The van der Waals surface area contributed by atoms with Crippen molar-refractivity contribution in [2.24, 2.45) is 0 Å². The van der Waals surface area contributed by atoms with Gasteiger partial charge in [0.05, 0.1) is 12.1 Å². The van der Waals surface area contributed by atoms with Crippen LogP contribution >= 0.6 is 11.8 Å². The molecule has 0 saturated carbocycles. The van der Waals surface area contributed by atoms with Gasteiger partial charge in [0, 0.05) is 11.8 Å². The van der Waals surface area contributed by atoms with Gasteiger partial charge in [0.1, 0.15) is 6.04 Å².